The monoisotopic (exact) mass is 992 g/mol. The van der Waals surface area contributed by atoms with Crippen LogP contribution in [-0.4, -0.2) is 157 Å². The Morgan fingerprint density at radius 1 is 0.803 bits per heavy atom. The van der Waals surface area contributed by atoms with Crippen molar-refractivity contribution in [1.82, 2.24) is 30.2 Å². The second-order valence-corrected chi connectivity index (χ2v) is 21.1. The van der Waals surface area contributed by atoms with Crippen LogP contribution >= 0.6 is 0 Å². The van der Waals surface area contributed by atoms with Gasteiger partial charge in [-0.15, -0.1) is 0 Å². The number of nitrogens with zero attached hydrogens (tertiary/aromatic N) is 4. The molecule has 2 saturated heterocycles. The summed E-state index contributed by atoms with van der Waals surface area (Å²) in [4.78, 5) is 91.0. The van der Waals surface area contributed by atoms with Gasteiger partial charge in [-0.25, -0.2) is 9.59 Å². The van der Waals surface area contributed by atoms with Crippen LogP contribution in [0.3, 0.4) is 0 Å². The van der Waals surface area contributed by atoms with E-state index in [9.17, 15) is 28.8 Å². The highest BCUT2D eigenvalue weighted by molar-refractivity contribution is 5.90. The second-order valence-electron chi connectivity index (χ2n) is 21.1. The number of hydrogen-bond acceptors (Lipinski definition) is 12. The van der Waals surface area contributed by atoms with Crippen molar-refractivity contribution in [3.63, 3.8) is 0 Å². The standard InChI is InChI=1S/C54H85N7O10/c1-14-36(6)47(58(11)51(65)45(34(2)3)57-50(64)46(35(4)5)59-27-29-60(30-28-59)53(67)70-33-39-22-24-40(55)25-23-39)43(68-12)32-44(62)61-26-18-21-42(61)48(69-13)37(7)49(63)56-41(52(66)71-54(8,9)10)31-38-19-16-15-17-20-38/h15-17,19-20,22-25,34-37,41-43,45-48H,14,18,21,26-33,55H2,1-13H3,(H,56,63)(H,57,64)/t36-,37+,41-,42-,43?,45-,46-,47-,48+/m0/s1. The van der Waals surface area contributed by atoms with E-state index >= 15 is 0 Å². The number of likely N-dealkylation sites (tertiary alicyclic amines) is 1. The molecular formula is C54H85N7O10. The Balaban J connectivity index is 1.44. The molecule has 0 spiro atoms. The molecule has 2 aliphatic rings. The summed E-state index contributed by atoms with van der Waals surface area (Å²) in [6, 6.07) is 13.2. The molecule has 17 nitrogen and oxygen atoms in total. The van der Waals surface area contributed by atoms with Crippen LogP contribution in [0.5, 0.6) is 0 Å². The number of hydrogen-bond donors (Lipinski definition) is 3. The number of methoxy groups -OCH3 is 2. The number of anilines is 1. The number of rotatable bonds is 23. The zero-order chi connectivity index (χ0) is 52.7. The van der Waals surface area contributed by atoms with Crippen LogP contribution in [-0.2, 0) is 55.9 Å². The van der Waals surface area contributed by atoms with Crippen LogP contribution < -0.4 is 16.4 Å². The minimum Gasteiger partial charge on any atom is -0.458 e. The van der Waals surface area contributed by atoms with Crippen molar-refractivity contribution >= 4 is 41.4 Å². The van der Waals surface area contributed by atoms with Gasteiger partial charge in [-0.1, -0.05) is 97.4 Å². The van der Waals surface area contributed by atoms with Gasteiger partial charge in [0, 0.05) is 66.1 Å². The maximum Gasteiger partial charge on any atom is 0.410 e. The molecule has 1 unspecified atom stereocenters. The van der Waals surface area contributed by atoms with Crippen molar-refractivity contribution in [2.75, 3.05) is 59.7 Å². The Labute approximate surface area is 423 Å². The van der Waals surface area contributed by atoms with E-state index in [0.717, 1.165) is 11.1 Å². The molecule has 0 saturated carbocycles. The number of piperazine rings is 1. The quantitative estimate of drug-likeness (QED) is 0.0911. The molecular weight excluding hydrogens is 907 g/mol. The summed E-state index contributed by atoms with van der Waals surface area (Å²) in [5, 5.41) is 6.05. The van der Waals surface area contributed by atoms with Crippen molar-refractivity contribution < 1.29 is 47.7 Å². The molecule has 0 radical (unpaired) electrons. The normalized spacial score (nSPS) is 18.9. The zero-order valence-electron chi connectivity index (χ0n) is 44.8. The third-order valence-corrected chi connectivity index (χ3v) is 14.0. The van der Waals surface area contributed by atoms with Gasteiger partial charge >= 0.3 is 12.1 Å². The maximum absolute atomic E-state index is 14.7. The molecule has 0 aliphatic carbocycles. The summed E-state index contributed by atoms with van der Waals surface area (Å²) in [7, 11) is 4.78. The van der Waals surface area contributed by atoms with Gasteiger partial charge in [-0.05, 0) is 74.6 Å². The van der Waals surface area contributed by atoms with E-state index in [-0.39, 0.29) is 54.9 Å². The SMILES string of the molecule is CC[C@H](C)[C@@H](C(CC(=O)N1CCC[C@H]1[C@H](OC)[C@@H](C)C(=O)N[C@@H](Cc1ccccc1)C(=O)OC(C)(C)C)OC)N(C)C(=O)[C@@H](NC(=O)[C@H](C(C)C)N1CCN(C(=O)OCc2ccc(N)cc2)CC1)C(C)C. The Bertz CT molecular complexity index is 2040. The number of ether oxygens (including phenoxy) is 4. The summed E-state index contributed by atoms with van der Waals surface area (Å²) in [5.74, 6) is -2.91. The van der Waals surface area contributed by atoms with Crippen LogP contribution in [0, 0.1) is 23.7 Å². The van der Waals surface area contributed by atoms with Gasteiger partial charge < -0.3 is 50.0 Å². The van der Waals surface area contributed by atoms with E-state index in [1.54, 1.807) is 68.7 Å². The first-order chi connectivity index (χ1) is 33.5. The zero-order valence-corrected chi connectivity index (χ0v) is 44.8. The number of nitrogens with one attached hydrogen (secondary N) is 2. The molecule has 0 aromatic heterocycles. The number of esters is 1. The van der Waals surface area contributed by atoms with Gasteiger partial charge in [0.25, 0.3) is 0 Å². The average Bonchev–Trinajstić information content (AvgIpc) is 3.82. The molecule has 0 bridgehead atoms. The summed E-state index contributed by atoms with van der Waals surface area (Å²) in [5.41, 5.74) is 7.34. The van der Waals surface area contributed by atoms with E-state index < -0.39 is 71.9 Å². The van der Waals surface area contributed by atoms with E-state index in [1.807, 2.05) is 84.0 Å². The van der Waals surface area contributed by atoms with Gasteiger partial charge in [0.15, 0.2) is 0 Å². The summed E-state index contributed by atoms with van der Waals surface area (Å²) in [6.07, 6.45) is 0.368. The van der Waals surface area contributed by atoms with E-state index in [4.69, 9.17) is 24.7 Å². The van der Waals surface area contributed by atoms with Gasteiger partial charge in [-0.3, -0.25) is 24.1 Å². The number of nitrogens with two attached hydrogens (primary N) is 1. The Kier molecular flexibility index (Phi) is 22.2. The van der Waals surface area contributed by atoms with E-state index in [2.05, 4.69) is 15.5 Å². The first-order valence-corrected chi connectivity index (χ1v) is 25.5. The highest BCUT2D eigenvalue weighted by Gasteiger charge is 2.44. The van der Waals surface area contributed by atoms with Gasteiger partial charge in [0.05, 0.1) is 42.7 Å². The highest BCUT2D eigenvalue weighted by Crippen LogP contribution is 2.30. The van der Waals surface area contributed by atoms with Gasteiger partial charge in [0.2, 0.25) is 23.6 Å². The molecule has 2 aromatic rings. The maximum atomic E-state index is 14.7. The number of nitrogen functional groups attached to an aromatic ring is 1. The summed E-state index contributed by atoms with van der Waals surface area (Å²) < 4.78 is 23.4. The topological polar surface area (TPSA) is 202 Å². The third-order valence-electron chi connectivity index (χ3n) is 14.0. The fraction of sp³-hybridized carbons (Fsp3) is 0.667. The molecule has 71 heavy (non-hydrogen) atoms. The lowest BCUT2D eigenvalue weighted by Gasteiger charge is -2.42. The predicted molar refractivity (Wildman–Crippen MR) is 274 cm³/mol. The molecule has 2 heterocycles. The molecule has 5 amide bonds. The van der Waals surface area contributed by atoms with Crippen molar-refractivity contribution in [3.05, 3.63) is 65.7 Å². The van der Waals surface area contributed by atoms with Crippen LogP contribution in [0.1, 0.15) is 106 Å². The third kappa shape index (κ3) is 16.4. The second kappa shape index (κ2) is 27.0. The minimum absolute atomic E-state index is 0.0382. The Morgan fingerprint density at radius 3 is 1.99 bits per heavy atom. The van der Waals surface area contributed by atoms with Crippen LogP contribution in [0.25, 0.3) is 0 Å². The predicted octanol–water partition coefficient (Wildman–Crippen LogP) is 5.68. The Morgan fingerprint density at radius 2 is 1.44 bits per heavy atom. The fourth-order valence-electron chi connectivity index (χ4n) is 9.92. The summed E-state index contributed by atoms with van der Waals surface area (Å²) in [6.45, 7) is 21.1. The molecule has 4 rings (SSSR count). The highest BCUT2D eigenvalue weighted by atomic mass is 16.6. The van der Waals surface area contributed by atoms with E-state index in [1.165, 1.54) is 7.11 Å². The lowest BCUT2D eigenvalue weighted by molar-refractivity contribution is -0.159. The number of carbonyl (C=O) groups is 6. The molecule has 2 aliphatic heterocycles. The lowest BCUT2D eigenvalue weighted by Crippen LogP contribution is -2.62. The largest absolute Gasteiger partial charge is 0.458 e. The molecule has 2 fully saturated rings. The minimum atomic E-state index is -0.946. The number of carbonyl (C=O) groups excluding carboxylic acids is 6. The molecule has 9 atom stereocenters. The average molecular weight is 992 g/mol. The Hall–Kier alpha value is -5.26. The lowest BCUT2D eigenvalue weighted by atomic mass is 9.89. The molecule has 396 valence electrons. The van der Waals surface area contributed by atoms with Crippen molar-refractivity contribution in [2.24, 2.45) is 23.7 Å². The summed E-state index contributed by atoms with van der Waals surface area (Å²) >= 11 is 0. The molecule has 17 heteroatoms. The smallest absolute Gasteiger partial charge is 0.410 e. The molecule has 4 N–H and O–H groups in total. The number of amides is 5. The van der Waals surface area contributed by atoms with Gasteiger partial charge in [-0.2, -0.15) is 0 Å². The van der Waals surface area contributed by atoms with Crippen molar-refractivity contribution in [3.8, 4) is 0 Å². The first-order valence-electron chi connectivity index (χ1n) is 25.5. The first kappa shape index (κ1) is 58.3. The van der Waals surface area contributed by atoms with Crippen molar-refractivity contribution in [1.29, 1.82) is 0 Å². The van der Waals surface area contributed by atoms with Crippen LogP contribution in [0.4, 0.5) is 10.5 Å². The van der Waals surface area contributed by atoms with Crippen molar-refractivity contribution in [2.45, 2.75) is 156 Å². The number of benzene rings is 2. The molecule has 2 aromatic carbocycles. The van der Waals surface area contributed by atoms with Gasteiger partial charge in [0.1, 0.15) is 24.3 Å². The van der Waals surface area contributed by atoms with Crippen LogP contribution in [0.2, 0.25) is 0 Å². The van der Waals surface area contributed by atoms with Crippen LogP contribution in [0.15, 0.2) is 54.6 Å². The number of likely N-dealkylation sites (N-methyl/N-ethyl adjacent to an activating group) is 1. The van der Waals surface area contributed by atoms with E-state index in [0.29, 0.717) is 57.7 Å². The fourth-order valence-corrected chi connectivity index (χ4v) is 9.92.